The predicted molar refractivity (Wildman–Crippen MR) is 88.6 cm³/mol. The minimum Gasteiger partial charge on any atom is -0.481 e. The molecule has 0 radical (unpaired) electrons. The number of benzene rings is 1. The molecule has 1 fully saturated rings. The standard InChI is InChI=1S/C18H20FN3O3/c19-16-3-1-2-4-17(16)25-12-18(23)22-9-10-24-15(11-22)6-5-14-7-8-20-13-21-14/h1-4,7-8,13,15H,5-6,9-12H2/t15-/m1/s1. The fourth-order valence-corrected chi connectivity index (χ4v) is 2.69. The second kappa shape index (κ2) is 8.53. The molecule has 0 spiro atoms. The SMILES string of the molecule is O=C(COc1ccccc1F)N1CCO[C@H](CCc2ccncn2)C1. The number of aryl methyl sites for hydroxylation is 1. The fourth-order valence-electron chi connectivity index (χ4n) is 2.69. The molecule has 0 unspecified atom stereocenters. The van der Waals surface area contributed by atoms with Crippen molar-refractivity contribution < 1.29 is 18.7 Å². The first kappa shape index (κ1) is 17.3. The van der Waals surface area contributed by atoms with Gasteiger partial charge < -0.3 is 14.4 Å². The van der Waals surface area contributed by atoms with Crippen molar-refractivity contribution in [1.82, 2.24) is 14.9 Å². The molecule has 1 aliphatic heterocycles. The van der Waals surface area contributed by atoms with Gasteiger partial charge in [-0.2, -0.15) is 0 Å². The fraction of sp³-hybridized carbons (Fsp3) is 0.389. The molecule has 0 N–H and O–H groups in total. The number of aromatic nitrogens is 2. The third kappa shape index (κ3) is 4.96. The van der Waals surface area contributed by atoms with Crippen molar-refractivity contribution in [3.05, 3.63) is 54.4 Å². The molecular weight excluding hydrogens is 325 g/mol. The number of halogens is 1. The molecule has 6 nitrogen and oxygen atoms in total. The van der Waals surface area contributed by atoms with E-state index < -0.39 is 5.82 Å². The lowest BCUT2D eigenvalue weighted by molar-refractivity contribution is -0.141. The number of carbonyl (C=O) groups is 1. The Kier molecular flexibility index (Phi) is 5.90. The van der Waals surface area contributed by atoms with Crippen molar-refractivity contribution in [1.29, 1.82) is 0 Å². The smallest absolute Gasteiger partial charge is 0.260 e. The van der Waals surface area contributed by atoms with Gasteiger partial charge in [0, 0.05) is 25.0 Å². The van der Waals surface area contributed by atoms with Crippen LogP contribution in [0.5, 0.6) is 5.75 Å². The molecular formula is C18H20FN3O3. The Labute approximate surface area is 145 Å². The van der Waals surface area contributed by atoms with Crippen LogP contribution in [0.1, 0.15) is 12.1 Å². The number of rotatable bonds is 6. The Bertz CT molecular complexity index is 699. The Morgan fingerprint density at radius 3 is 3.04 bits per heavy atom. The molecule has 0 saturated carbocycles. The summed E-state index contributed by atoms with van der Waals surface area (Å²) in [6.07, 6.45) is 4.73. The molecule has 25 heavy (non-hydrogen) atoms. The van der Waals surface area contributed by atoms with Crippen LogP contribution in [0.25, 0.3) is 0 Å². The second-order valence-electron chi connectivity index (χ2n) is 5.79. The minimum absolute atomic E-state index is 0.0406. The quantitative estimate of drug-likeness (QED) is 0.799. The molecule has 0 aliphatic carbocycles. The van der Waals surface area contributed by atoms with Crippen molar-refractivity contribution in [2.75, 3.05) is 26.3 Å². The van der Waals surface area contributed by atoms with Crippen molar-refractivity contribution in [2.24, 2.45) is 0 Å². The van der Waals surface area contributed by atoms with E-state index in [4.69, 9.17) is 9.47 Å². The van der Waals surface area contributed by atoms with E-state index in [1.165, 1.54) is 18.5 Å². The van der Waals surface area contributed by atoms with Crippen LogP contribution in [-0.4, -0.2) is 53.2 Å². The summed E-state index contributed by atoms with van der Waals surface area (Å²) in [5, 5.41) is 0. The summed E-state index contributed by atoms with van der Waals surface area (Å²) in [6, 6.07) is 7.92. The molecule has 2 aromatic rings. The maximum absolute atomic E-state index is 13.5. The first-order valence-electron chi connectivity index (χ1n) is 8.24. The molecule has 3 rings (SSSR count). The Morgan fingerprint density at radius 2 is 2.24 bits per heavy atom. The van der Waals surface area contributed by atoms with Gasteiger partial charge in [0.25, 0.3) is 5.91 Å². The molecule has 1 saturated heterocycles. The summed E-state index contributed by atoms with van der Waals surface area (Å²) in [5.41, 5.74) is 0.949. The topological polar surface area (TPSA) is 64.5 Å². The molecule has 1 atom stereocenters. The molecule has 2 heterocycles. The number of hydrogen-bond acceptors (Lipinski definition) is 5. The Balaban J connectivity index is 1.47. The number of carbonyl (C=O) groups excluding carboxylic acids is 1. The first-order valence-corrected chi connectivity index (χ1v) is 8.24. The summed E-state index contributed by atoms with van der Waals surface area (Å²) < 4.78 is 24.5. The Hall–Kier alpha value is -2.54. The zero-order valence-electron chi connectivity index (χ0n) is 13.8. The largest absolute Gasteiger partial charge is 0.481 e. The van der Waals surface area contributed by atoms with E-state index in [0.29, 0.717) is 19.7 Å². The average Bonchev–Trinajstić information content (AvgIpc) is 2.66. The monoisotopic (exact) mass is 345 g/mol. The lowest BCUT2D eigenvalue weighted by Crippen LogP contribution is -2.47. The van der Waals surface area contributed by atoms with Gasteiger partial charge in [-0.15, -0.1) is 0 Å². The average molecular weight is 345 g/mol. The van der Waals surface area contributed by atoms with Crippen LogP contribution in [0.2, 0.25) is 0 Å². The van der Waals surface area contributed by atoms with Gasteiger partial charge in [0.05, 0.1) is 12.7 Å². The highest BCUT2D eigenvalue weighted by Crippen LogP contribution is 2.16. The van der Waals surface area contributed by atoms with Gasteiger partial charge >= 0.3 is 0 Å². The van der Waals surface area contributed by atoms with Crippen LogP contribution in [0, 0.1) is 5.82 Å². The van der Waals surface area contributed by atoms with Crippen molar-refractivity contribution >= 4 is 5.91 Å². The number of morpholine rings is 1. The number of nitrogens with zero attached hydrogens (tertiary/aromatic N) is 3. The van der Waals surface area contributed by atoms with Crippen molar-refractivity contribution in [3.63, 3.8) is 0 Å². The number of ether oxygens (including phenoxy) is 2. The first-order chi connectivity index (χ1) is 12.2. The van der Waals surface area contributed by atoms with Gasteiger partial charge in [0.2, 0.25) is 0 Å². The third-order valence-electron chi connectivity index (χ3n) is 4.04. The van der Waals surface area contributed by atoms with Crippen molar-refractivity contribution in [2.45, 2.75) is 18.9 Å². The van der Waals surface area contributed by atoms with E-state index in [9.17, 15) is 9.18 Å². The third-order valence-corrected chi connectivity index (χ3v) is 4.04. The summed E-state index contributed by atoms with van der Waals surface area (Å²) >= 11 is 0. The molecule has 1 aliphatic rings. The van der Waals surface area contributed by atoms with E-state index in [1.54, 1.807) is 23.2 Å². The summed E-state index contributed by atoms with van der Waals surface area (Å²) in [7, 11) is 0. The molecule has 1 aromatic carbocycles. The molecule has 1 aromatic heterocycles. The number of hydrogen-bond donors (Lipinski definition) is 0. The highest BCUT2D eigenvalue weighted by Gasteiger charge is 2.24. The number of amides is 1. The summed E-state index contributed by atoms with van der Waals surface area (Å²) in [5.74, 6) is -0.553. The Morgan fingerprint density at radius 1 is 1.36 bits per heavy atom. The maximum atomic E-state index is 13.5. The van der Waals surface area contributed by atoms with E-state index >= 15 is 0 Å². The van der Waals surface area contributed by atoms with Gasteiger partial charge in [-0.05, 0) is 31.0 Å². The summed E-state index contributed by atoms with van der Waals surface area (Å²) in [4.78, 5) is 22.1. The van der Waals surface area contributed by atoms with Gasteiger partial charge in [-0.25, -0.2) is 14.4 Å². The highest BCUT2D eigenvalue weighted by atomic mass is 19.1. The van der Waals surface area contributed by atoms with E-state index in [1.807, 2.05) is 6.07 Å². The van der Waals surface area contributed by atoms with Crippen LogP contribution in [0.4, 0.5) is 4.39 Å². The van der Waals surface area contributed by atoms with E-state index in [-0.39, 0.29) is 24.4 Å². The van der Waals surface area contributed by atoms with Gasteiger partial charge in [-0.1, -0.05) is 12.1 Å². The van der Waals surface area contributed by atoms with Crippen molar-refractivity contribution in [3.8, 4) is 5.75 Å². The second-order valence-corrected chi connectivity index (χ2v) is 5.79. The lowest BCUT2D eigenvalue weighted by atomic mass is 10.1. The minimum atomic E-state index is -0.472. The van der Waals surface area contributed by atoms with Crippen LogP contribution in [0.15, 0.2) is 42.9 Å². The van der Waals surface area contributed by atoms with Crippen LogP contribution in [0.3, 0.4) is 0 Å². The lowest BCUT2D eigenvalue weighted by Gasteiger charge is -2.33. The molecule has 7 heteroatoms. The zero-order valence-corrected chi connectivity index (χ0v) is 13.8. The predicted octanol–water partition coefficient (Wildman–Crippen LogP) is 1.85. The van der Waals surface area contributed by atoms with Gasteiger partial charge in [-0.3, -0.25) is 4.79 Å². The van der Waals surface area contributed by atoms with E-state index in [0.717, 1.165) is 18.5 Å². The number of para-hydroxylation sites is 1. The molecule has 132 valence electrons. The highest BCUT2D eigenvalue weighted by molar-refractivity contribution is 5.77. The van der Waals surface area contributed by atoms with Crippen LogP contribution in [-0.2, 0) is 16.0 Å². The zero-order chi connectivity index (χ0) is 17.5. The molecule has 1 amide bonds. The molecule has 0 bridgehead atoms. The van der Waals surface area contributed by atoms with Gasteiger partial charge in [0.1, 0.15) is 6.33 Å². The maximum Gasteiger partial charge on any atom is 0.260 e. The normalized spacial score (nSPS) is 17.3. The van der Waals surface area contributed by atoms with Gasteiger partial charge in [0.15, 0.2) is 18.2 Å². The summed E-state index contributed by atoms with van der Waals surface area (Å²) in [6.45, 7) is 1.33. The van der Waals surface area contributed by atoms with Crippen LogP contribution >= 0.6 is 0 Å². The van der Waals surface area contributed by atoms with E-state index in [2.05, 4.69) is 9.97 Å². The van der Waals surface area contributed by atoms with Crippen LogP contribution < -0.4 is 4.74 Å².